The van der Waals surface area contributed by atoms with Crippen LogP contribution in [0.5, 0.6) is 0 Å². The smallest absolute Gasteiger partial charge is 0.194 e. The average molecular weight is 445 g/mol. The van der Waals surface area contributed by atoms with Gasteiger partial charge >= 0.3 is 0 Å². The summed E-state index contributed by atoms with van der Waals surface area (Å²) in [6.07, 6.45) is 6.33. The molecule has 0 bridgehead atoms. The number of allylic oxidation sites excluding steroid dienone is 1. The molecule has 0 aliphatic heterocycles. The highest BCUT2D eigenvalue weighted by molar-refractivity contribution is 5.66. The normalized spacial score (nSPS) is 12.5. The van der Waals surface area contributed by atoms with Crippen molar-refractivity contribution in [3.8, 4) is 11.8 Å². The van der Waals surface area contributed by atoms with Crippen molar-refractivity contribution in [2.45, 2.75) is 39.5 Å². The van der Waals surface area contributed by atoms with E-state index < -0.39 is 17.5 Å². The molecule has 0 spiro atoms. The number of hydrogen-bond acceptors (Lipinski definition) is 2. The molecular formula is C28H23F3N2. The predicted molar refractivity (Wildman–Crippen MR) is 125 cm³/mol. The van der Waals surface area contributed by atoms with E-state index in [1.54, 1.807) is 6.07 Å². The van der Waals surface area contributed by atoms with Crippen molar-refractivity contribution in [1.29, 1.82) is 0 Å². The van der Waals surface area contributed by atoms with Crippen LogP contribution in [0.25, 0.3) is 6.08 Å². The van der Waals surface area contributed by atoms with E-state index in [2.05, 4.69) is 53.3 Å². The van der Waals surface area contributed by atoms with Gasteiger partial charge in [0.05, 0.1) is 11.4 Å². The first-order valence-corrected chi connectivity index (χ1v) is 11.0. The standard InChI is InChI=1S/C28H23F3N2/c1-3-5-19-13-22-9-7-18(12-23(22)14-19)6-8-21-10-11-24(15-20(21)4-2)32-33-25-16-26(29)28(31)27(30)17-25/h7,9-12,14-17H,3-5,13H2,1-2H3. The lowest BCUT2D eigenvalue weighted by Crippen LogP contribution is -1.89. The number of benzene rings is 3. The molecule has 0 amide bonds. The molecule has 0 atom stereocenters. The van der Waals surface area contributed by atoms with Crippen LogP contribution in [0.15, 0.2) is 64.3 Å². The number of aryl methyl sites for hydroxylation is 1. The molecular weight excluding hydrogens is 421 g/mol. The molecule has 0 aromatic heterocycles. The van der Waals surface area contributed by atoms with Gasteiger partial charge in [0, 0.05) is 23.3 Å². The molecule has 0 heterocycles. The van der Waals surface area contributed by atoms with Gasteiger partial charge in [-0.15, -0.1) is 0 Å². The van der Waals surface area contributed by atoms with Gasteiger partial charge in [0.25, 0.3) is 0 Å². The largest absolute Gasteiger partial charge is 0.204 e. The van der Waals surface area contributed by atoms with Crippen LogP contribution in [0.4, 0.5) is 24.5 Å². The van der Waals surface area contributed by atoms with Gasteiger partial charge in [-0.1, -0.05) is 49.8 Å². The van der Waals surface area contributed by atoms with Crippen LogP contribution in [0.3, 0.4) is 0 Å². The summed E-state index contributed by atoms with van der Waals surface area (Å²) >= 11 is 0. The summed E-state index contributed by atoms with van der Waals surface area (Å²) in [6, 6.07) is 13.4. The van der Waals surface area contributed by atoms with E-state index in [1.807, 2.05) is 19.1 Å². The van der Waals surface area contributed by atoms with Gasteiger partial charge in [-0.2, -0.15) is 10.2 Å². The highest BCUT2D eigenvalue weighted by Gasteiger charge is 2.12. The van der Waals surface area contributed by atoms with Gasteiger partial charge in [-0.25, -0.2) is 13.2 Å². The third-order valence-electron chi connectivity index (χ3n) is 5.55. The fourth-order valence-electron chi connectivity index (χ4n) is 3.88. The van der Waals surface area contributed by atoms with Crippen molar-refractivity contribution in [3.63, 3.8) is 0 Å². The van der Waals surface area contributed by atoms with Crippen molar-refractivity contribution in [2.24, 2.45) is 10.2 Å². The van der Waals surface area contributed by atoms with Gasteiger partial charge in [-0.3, -0.25) is 0 Å². The van der Waals surface area contributed by atoms with Crippen LogP contribution < -0.4 is 0 Å². The topological polar surface area (TPSA) is 24.7 Å². The van der Waals surface area contributed by atoms with E-state index in [0.29, 0.717) is 5.69 Å². The molecule has 2 nitrogen and oxygen atoms in total. The number of fused-ring (bicyclic) bond motifs is 1. The van der Waals surface area contributed by atoms with E-state index in [0.717, 1.165) is 54.5 Å². The number of rotatable bonds is 5. The van der Waals surface area contributed by atoms with Crippen LogP contribution in [-0.2, 0) is 12.8 Å². The fraction of sp³-hybridized carbons (Fsp3) is 0.214. The Labute approximate surface area is 191 Å². The molecule has 0 radical (unpaired) electrons. The molecule has 1 aliphatic carbocycles. The van der Waals surface area contributed by atoms with E-state index in [9.17, 15) is 13.2 Å². The van der Waals surface area contributed by atoms with E-state index in [1.165, 1.54) is 16.7 Å². The van der Waals surface area contributed by atoms with Crippen LogP contribution in [0.1, 0.15) is 54.5 Å². The summed E-state index contributed by atoms with van der Waals surface area (Å²) in [4.78, 5) is 0. The molecule has 166 valence electrons. The summed E-state index contributed by atoms with van der Waals surface area (Å²) in [5.41, 5.74) is 7.35. The van der Waals surface area contributed by atoms with Crippen LogP contribution in [0.2, 0.25) is 0 Å². The van der Waals surface area contributed by atoms with Crippen molar-refractivity contribution in [1.82, 2.24) is 0 Å². The van der Waals surface area contributed by atoms with Crippen molar-refractivity contribution in [3.05, 3.63) is 99.4 Å². The Morgan fingerprint density at radius 2 is 1.61 bits per heavy atom. The van der Waals surface area contributed by atoms with Crippen molar-refractivity contribution in [2.75, 3.05) is 0 Å². The Bertz CT molecular complexity index is 1300. The zero-order valence-corrected chi connectivity index (χ0v) is 18.6. The Balaban J connectivity index is 1.54. The van der Waals surface area contributed by atoms with Gasteiger partial charge in [-0.05, 0) is 66.3 Å². The van der Waals surface area contributed by atoms with Gasteiger partial charge in [0.2, 0.25) is 0 Å². The van der Waals surface area contributed by atoms with E-state index >= 15 is 0 Å². The molecule has 5 heteroatoms. The lowest BCUT2D eigenvalue weighted by atomic mass is 10.0. The molecule has 0 saturated carbocycles. The summed E-state index contributed by atoms with van der Waals surface area (Å²) in [5.74, 6) is 2.38. The highest BCUT2D eigenvalue weighted by atomic mass is 19.2. The second-order valence-corrected chi connectivity index (χ2v) is 8.01. The second kappa shape index (κ2) is 9.87. The van der Waals surface area contributed by atoms with Gasteiger partial charge < -0.3 is 0 Å². The van der Waals surface area contributed by atoms with Crippen LogP contribution in [0, 0.1) is 29.3 Å². The predicted octanol–water partition coefficient (Wildman–Crippen LogP) is 8.22. The second-order valence-electron chi connectivity index (χ2n) is 8.01. The quantitative estimate of drug-likeness (QED) is 0.215. The molecule has 33 heavy (non-hydrogen) atoms. The summed E-state index contributed by atoms with van der Waals surface area (Å²) in [6.45, 7) is 4.21. The zero-order chi connectivity index (χ0) is 23.4. The summed E-state index contributed by atoms with van der Waals surface area (Å²) in [5, 5.41) is 7.86. The Hall–Kier alpha value is -3.65. The number of hydrogen-bond donors (Lipinski definition) is 0. The first-order valence-electron chi connectivity index (χ1n) is 11.0. The van der Waals surface area contributed by atoms with Crippen LogP contribution >= 0.6 is 0 Å². The molecule has 0 unspecified atom stereocenters. The number of halogens is 3. The molecule has 0 fully saturated rings. The minimum atomic E-state index is -1.52. The lowest BCUT2D eigenvalue weighted by molar-refractivity contribution is 0.447. The third-order valence-corrected chi connectivity index (χ3v) is 5.55. The van der Waals surface area contributed by atoms with E-state index in [4.69, 9.17) is 0 Å². The monoisotopic (exact) mass is 444 g/mol. The number of azo groups is 1. The van der Waals surface area contributed by atoms with Crippen LogP contribution in [-0.4, -0.2) is 0 Å². The third kappa shape index (κ3) is 5.23. The first-order chi connectivity index (χ1) is 16.0. The maximum atomic E-state index is 13.4. The van der Waals surface area contributed by atoms with Gasteiger partial charge in [0.1, 0.15) is 0 Å². The molecule has 0 N–H and O–H groups in total. The Morgan fingerprint density at radius 1 is 0.848 bits per heavy atom. The minimum Gasteiger partial charge on any atom is -0.204 e. The maximum absolute atomic E-state index is 13.4. The van der Waals surface area contributed by atoms with Crippen molar-refractivity contribution < 1.29 is 13.2 Å². The molecule has 3 aromatic carbocycles. The highest BCUT2D eigenvalue weighted by Crippen LogP contribution is 2.28. The SMILES string of the molecule is CCCC1=Cc2cc(C#Cc3ccc(N=Nc4cc(F)c(F)c(F)c4)cc3CC)ccc2C1. The van der Waals surface area contributed by atoms with Gasteiger partial charge in [0.15, 0.2) is 17.5 Å². The molecule has 1 aliphatic rings. The minimum absolute atomic E-state index is 0.0962. The lowest BCUT2D eigenvalue weighted by Gasteiger charge is -2.03. The Morgan fingerprint density at radius 3 is 2.33 bits per heavy atom. The van der Waals surface area contributed by atoms with E-state index in [-0.39, 0.29) is 5.69 Å². The maximum Gasteiger partial charge on any atom is 0.194 e. The molecule has 0 saturated heterocycles. The first kappa shape index (κ1) is 22.5. The molecule has 3 aromatic rings. The fourth-order valence-corrected chi connectivity index (χ4v) is 3.88. The summed E-state index contributed by atoms with van der Waals surface area (Å²) in [7, 11) is 0. The van der Waals surface area contributed by atoms with Crippen molar-refractivity contribution >= 4 is 17.5 Å². The zero-order valence-electron chi connectivity index (χ0n) is 18.6. The number of nitrogens with zero attached hydrogens (tertiary/aromatic N) is 2. The summed E-state index contributed by atoms with van der Waals surface area (Å²) < 4.78 is 39.8. The average Bonchev–Trinajstić information content (AvgIpc) is 3.21. The Kier molecular flexibility index (Phi) is 6.74. The molecule has 4 rings (SSSR count).